The molecule has 8 nitrogen and oxygen atoms in total. The first-order valence-electron chi connectivity index (χ1n) is 12.4. The Bertz CT molecular complexity index is 882. The summed E-state index contributed by atoms with van der Waals surface area (Å²) in [4.78, 5) is 16.4. The van der Waals surface area contributed by atoms with Crippen LogP contribution < -0.4 is 46.9 Å². The first-order valence-corrected chi connectivity index (χ1v) is 12.4. The minimum atomic E-state index is -0.593. The van der Waals surface area contributed by atoms with Gasteiger partial charge in [-0.05, 0) is 12.6 Å². The molecule has 6 aliphatic rings. The average Bonchev–Trinajstić information content (AvgIpc) is 3.69. The van der Waals surface area contributed by atoms with Gasteiger partial charge in [0.05, 0.1) is 19.8 Å². The summed E-state index contributed by atoms with van der Waals surface area (Å²) >= 11 is 0. The van der Waals surface area contributed by atoms with Gasteiger partial charge in [0.1, 0.15) is 48.5 Å². The molecule has 9 unspecified atom stereocenters. The quantitative estimate of drug-likeness (QED) is 0.177. The van der Waals surface area contributed by atoms with Crippen molar-refractivity contribution in [1.82, 2.24) is 4.90 Å². The largest absolute Gasteiger partial charge is 1.00 e. The van der Waals surface area contributed by atoms with Crippen LogP contribution in [0.2, 0.25) is 0 Å². The predicted molar refractivity (Wildman–Crippen MR) is 135 cm³/mol. The van der Waals surface area contributed by atoms with E-state index in [2.05, 4.69) is 19.0 Å². The van der Waals surface area contributed by atoms with E-state index in [-0.39, 0.29) is 93.6 Å². The Hall–Kier alpha value is 0.285. The standard InChI is InChI=1S/C17H21NO4.C8H13NO2.B.BrH.ClH.Na.H/c1-18-13-7-11(8-14(18)16-15(13)22-16)21-17(20)12(9-19)10-5-3-2-4-6-10;1-9-5-2-4(10)3-6(9)8-7(5)11-8;;;;;/h2-6,11-16,19H,7-9H2,1H3;4-8,10H,2-3H2,1H3;;2*1H;;/q;;;;;+1;-1. The molecule has 0 aromatic heterocycles. The molecule has 7 rings (SSSR count). The number of quaternary nitrogens is 1. The maximum atomic E-state index is 12.4. The van der Waals surface area contributed by atoms with Crippen LogP contribution >= 0.6 is 17.0 Å². The van der Waals surface area contributed by atoms with Crippen LogP contribution in [0.25, 0.3) is 0 Å². The molecular weight excluding hydrogens is 573 g/mol. The molecule has 3 N–H and O–H groups in total. The van der Waals surface area contributed by atoms with Crippen LogP contribution in [-0.4, -0.2) is 111 Å². The number of esters is 1. The summed E-state index contributed by atoms with van der Waals surface area (Å²) < 4.78 is 16.9. The monoisotopic (exact) mass is 609 g/mol. The van der Waals surface area contributed by atoms with Crippen LogP contribution in [0.1, 0.15) is 38.6 Å². The predicted octanol–water partition coefficient (Wildman–Crippen LogP) is -6.59. The van der Waals surface area contributed by atoms with Gasteiger partial charge in [0.25, 0.3) is 0 Å². The number of hydrogen-bond donors (Lipinski definition) is 3. The molecule has 6 aliphatic heterocycles. The Morgan fingerprint density at radius 2 is 1.59 bits per heavy atom. The Morgan fingerprint density at radius 3 is 2.11 bits per heavy atom. The number of hydrogen-bond acceptors (Lipinski definition) is 7. The van der Waals surface area contributed by atoms with Gasteiger partial charge >= 0.3 is 35.5 Å². The molecule has 4 bridgehead atoms. The molecule has 1 aromatic rings. The fourth-order valence-corrected chi connectivity index (χ4v) is 6.94. The van der Waals surface area contributed by atoms with E-state index in [0.717, 1.165) is 31.2 Å². The number of epoxide rings is 2. The Morgan fingerprint density at radius 1 is 1.08 bits per heavy atom. The van der Waals surface area contributed by atoms with Gasteiger partial charge in [-0.3, -0.25) is 9.69 Å². The van der Waals surface area contributed by atoms with Crippen molar-refractivity contribution in [3.05, 3.63) is 35.9 Å². The minimum Gasteiger partial charge on any atom is -1.00 e. The van der Waals surface area contributed by atoms with E-state index in [1.54, 1.807) is 4.90 Å². The normalized spacial score (nSPS) is 41.9. The van der Waals surface area contributed by atoms with Crippen LogP contribution in [0, 0.1) is 0 Å². The number of nitrogens with zero attached hydrogens (tertiary/aromatic N) is 1. The zero-order valence-electron chi connectivity index (χ0n) is 22.6. The van der Waals surface area contributed by atoms with Gasteiger partial charge in [-0.15, -0.1) is 17.0 Å². The third-order valence-electron chi connectivity index (χ3n) is 8.90. The molecule has 0 spiro atoms. The molecule has 6 heterocycles. The number of carbonyl (C=O) groups is 1. The molecular formula is C25H37BBrClN2NaO6. The fraction of sp³-hybridized carbons (Fsp3) is 0.720. The van der Waals surface area contributed by atoms with Crippen molar-refractivity contribution in [2.24, 2.45) is 0 Å². The number of aliphatic hydroxyl groups is 2. The smallest absolute Gasteiger partial charge is 1.00 e. The van der Waals surface area contributed by atoms with Crippen LogP contribution in [0.4, 0.5) is 0 Å². The second-order valence-corrected chi connectivity index (χ2v) is 10.7. The van der Waals surface area contributed by atoms with E-state index in [4.69, 9.17) is 14.2 Å². The second kappa shape index (κ2) is 13.3. The molecule has 37 heavy (non-hydrogen) atoms. The van der Waals surface area contributed by atoms with Crippen molar-refractivity contribution in [2.45, 2.75) is 92.4 Å². The molecule has 201 valence electrons. The number of aliphatic hydroxyl groups excluding tert-OH is 2. The molecule has 0 amide bonds. The minimum absolute atomic E-state index is 0. The van der Waals surface area contributed by atoms with Crippen LogP contribution in [0.15, 0.2) is 30.3 Å². The average molecular weight is 611 g/mol. The third kappa shape index (κ3) is 6.30. The van der Waals surface area contributed by atoms with Crippen molar-refractivity contribution in [3.8, 4) is 0 Å². The summed E-state index contributed by atoms with van der Waals surface area (Å²) in [5.41, 5.74) is 0.803. The Labute approximate surface area is 261 Å². The van der Waals surface area contributed by atoms with E-state index in [1.165, 1.54) is 0 Å². The van der Waals surface area contributed by atoms with Crippen molar-refractivity contribution in [3.63, 3.8) is 0 Å². The van der Waals surface area contributed by atoms with E-state index >= 15 is 0 Å². The molecule has 3 radical (unpaired) electrons. The van der Waals surface area contributed by atoms with E-state index in [0.29, 0.717) is 48.6 Å². The van der Waals surface area contributed by atoms with Crippen LogP contribution in [0.3, 0.4) is 0 Å². The number of fused-ring (bicyclic) bond motifs is 10. The Balaban J connectivity index is 0.000000388. The summed E-state index contributed by atoms with van der Waals surface area (Å²) in [5.74, 6) is -0.915. The number of rotatable bonds is 4. The van der Waals surface area contributed by atoms with Gasteiger partial charge in [-0.1, -0.05) is 30.3 Å². The number of likely N-dealkylation sites (N-methyl/N-ethyl adjacent to an activating group) is 2. The summed E-state index contributed by atoms with van der Waals surface area (Å²) in [6, 6.07) is 11.2. The number of halogens is 2. The van der Waals surface area contributed by atoms with E-state index in [1.807, 2.05) is 30.3 Å². The van der Waals surface area contributed by atoms with Gasteiger partial charge in [-0.25, -0.2) is 0 Å². The van der Waals surface area contributed by atoms with Gasteiger partial charge in [-0.2, -0.15) is 0 Å². The number of ether oxygens (including phenoxy) is 3. The third-order valence-corrected chi connectivity index (χ3v) is 8.90. The zero-order chi connectivity index (χ0) is 22.9. The number of benzene rings is 1. The second-order valence-electron chi connectivity index (χ2n) is 10.7. The van der Waals surface area contributed by atoms with Crippen molar-refractivity contribution >= 4 is 31.4 Å². The molecule has 9 atom stereocenters. The van der Waals surface area contributed by atoms with Crippen LogP contribution in [0.5, 0.6) is 0 Å². The van der Waals surface area contributed by atoms with Crippen molar-refractivity contribution in [2.75, 3.05) is 20.7 Å². The van der Waals surface area contributed by atoms with Gasteiger partial charge in [0.15, 0.2) is 0 Å². The Kier molecular flexibility index (Phi) is 12.0. The van der Waals surface area contributed by atoms with Crippen LogP contribution in [-0.2, 0) is 19.0 Å². The van der Waals surface area contributed by atoms with Gasteiger partial charge in [0.2, 0.25) is 0 Å². The zero-order valence-corrected chi connectivity index (χ0v) is 26.1. The van der Waals surface area contributed by atoms with E-state index < -0.39 is 5.92 Å². The van der Waals surface area contributed by atoms with Crippen molar-refractivity contribution < 1.29 is 77.5 Å². The number of nitrogens with one attached hydrogen (secondary N) is 1. The first kappa shape index (κ1) is 33.5. The summed E-state index contributed by atoms with van der Waals surface area (Å²) in [7, 11) is 4.36. The molecule has 0 saturated carbocycles. The SMILES string of the molecule is Br.CN1C2CC(OC(=O)C(CO)c3ccccc3)CC1C1OC12.C[NH+]1C2CC(O)CC1C1OC12.[B].[Cl-].[H-].[Na+]. The fourth-order valence-electron chi connectivity index (χ4n) is 6.94. The topological polar surface area (TPSA) is 99.5 Å². The first-order chi connectivity index (χ1) is 16.0. The van der Waals surface area contributed by atoms with E-state index in [9.17, 15) is 15.0 Å². The number of carbonyl (C=O) groups excluding carboxylic acids is 1. The number of morpholine rings is 2. The summed E-state index contributed by atoms with van der Waals surface area (Å²) in [6.45, 7) is -0.226. The molecule has 12 heteroatoms. The van der Waals surface area contributed by atoms with Gasteiger partial charge in [0, 0.05) is 46.2 Å². The van der Waals surface area contributed by atoms with Crippen molar-refractivity contribution in [1.29, 1.82) is 0 Å². The molecule has 1 aromatic carbocycles. The molecule has 6 saturated heterocycles. The number of piperidine rings is 2. The summed E-state index contributed by atoms with van der Waals surface area (Å²) in [5, 5.41) is 19.0. The summed E-state index contributed by atoms with van der Waals surface area (Å²) in [6.07, 6.45) is 5.10. The molecule has 0 aliphatic carbocycles. The molecule has 6 fully saturated rings. The van der Waals surface area contributed by atoms with Gasteiger partial charge < -0.3 is 43.2 Å². The maximum Gasteiger partial charge on any atom is 1.00 e. The maximum absolute atomic E-state index is 12.4.